The first-order valence-electron chi connectivity index (χ1n) is 10.1. The van der Waals surface area contributed by atoms with Crippen LogP contribution in [-0.4, -0.2) is 13.2 Å². The minimum atomic E-state index is -0.903. The van der Waals surface area contributed by atoms with Gasteiger partial charge in [-0.3, -0.25) is 0 Å². The second-order valence-electron chi connectivity index (χ2n) is 7.17. The summed E-state index contributed by atoms with van der Waals surface area (Å²) in [5.41, 5.74) is 4.01. The molecule has 0 fully saturated rings. The van der Waals surface area contributed by atoms with E-state index in [4.69, 9.17) is 9.47 Å². The monoisotopic (exact) mass is 386 g/mol. The van der Waals surface area contributed by atoms with Crippen molar-refractivity contribution in [1.82, 2.24) is 0 Å². The average molecular weight is 386 g/mol. The molecule has 28 heavy (non-hydrogen) atoms. The maximum absolute atomic E-state index is 14.2. The molecule has 1 atom stereocenters. The lowest BCUT2D eigenvalue weighted by Gasteiger charge is -2.23. The van der Waals surface area contributed by atoms with E-state index in [2.05, 4.69) is 25.1 Å². The topological polar surface area (TPSA) is 18.5 Å². The molecule has 1 unspecified atom stereocenters. The fourth-order valence-corrected chi connectivity index (χ4v) is 3.55. The fraction of sp³-hybridized carbons (Fsp3) is 0.417. The van der Waals surface area contributed by atoms with E-state index < -0.39 is 11.6 Å². The summed E-state index contributed by atoms with van der Waals surface area (Å²) in [5, 5.41) is 0. The van der Waals surface area contributed by atoms with Crippen molar-refractivity contribution in [1.29, 1.82) is 0 Å². The van der Waals surface area contributed by atoms with Crippen LogP contribution in [-0.2, 0) is 17.6 Å². The van der Waals surface area contributed by atoms with Crippen LogP contribution < -0.4 is 4.74 Å². The van der Waals surface area contributed by atoms with Gasteiger partial charge in [-0.2, -0.15) is 4.39 Å². The lowest BCUT2D eigenvalue weighted by atomic mass is 9.98. The van der Waals surface area contributed by atoms with E-state index in [-0.39, 0.29) is 11.9 Å². The van der Waals surface area contributed by atoms with Gasteiger partial charge in [-0.05, 0) is 60.9 Å². The van der Waals surface area contributed by atoms with Gasteiger partial charge in [0.2, 0.25) is 5.82 Å². The normalized spacial score (nSPS) is 16.7. The Labute approximate surface area is 166 Å². The molecule has 4 heteroatoms. The molecule has 0 saturated carbocycles. The first-order valence-corrected chi connectivity index (χ1v) is 10.1. The zero-order chi connectivity index (χ0) is 19.9. The molecule has 0 bridgehead atoms. The van der Waals surface area contributed by atoms with Crippen molar-refractivity contribution in [3.8, 4) is 5.75 Å². The Morgan fingerprint density at radius 2 is 1.75 bits per heavy atom. The molecule has 150 valence electrons. The van der Waals surface area contributed by atoms with E-state index >= 15 is 0 Å². The highest BCUT2D eigenvalue weighted by Crippen LogP contribution is 2.29. The standard InChI is InChI=1S/C24H28F2O2/c1-3-5-18-9-14-21(28-16-18)19-10-6-17(7-11-19)8-12-20-13-15-22(27-4-2)24(26)23(20)25/h6-7,9-11,13,15,21H,3-5,8,12,14,16H2,1-2H3. The molecule has 0 spiro atoms. The summed E-state index contributed by atoms with van der Waals surface area (Å²) in [5.74, 6) is -1.75. The second kappa shape index (κ2) is 9.83. The van der Waals surface area contributed by atoms with Crippen LogP contribution >= 0.6 is 0 Å². The largest absolute Gasteiger partial charge is 0.491 e. The van der Waals surface area contributed by atoms with Crippen molar-refractivity contribution in [2.45, 2.75) is 52.1 Å². The van der Waals surface area contributed by atoms with Crippen LogP contribution in [0.5, 0.6) is 5.75 Å². The Balaban J connectivity index is 1.59. The van der Waals surface area contributed by atoms with Crippen molar-refractivity contribution < 1.29 is 18.3 Å². The van der Waals surface area contributed by atoms with E-state index in [1.54, 1.807) is 13.0 Å². The zero-order valence-electron chi connectivity index (χ0n) is 16.6. The molecule has 0 radical (unpaired) electrons. The van der Waals surface area contributed by atoms with Crippen molar-refractivity contribution in [3.63, 3.8) is 0 Å². The van der Waals surface area contributed by atoms with Gasteiger partial charge in [0.1, 0.15) is 0 Å². The molecule has 0 aromatic heterocycles. The average Bonchev–Trinajstić information content (AvgIpc) is 2.72. The summed E-state index contributed by atoms with van der Waals surface area (Å²) in [4.78, 5) is 0. The van der Waals surface area contributed by atoms with Gasteiger partial charge < -0.3 is 9.47 Å². The number of rotatable bonds is 8. The Bertz CT molecular complexity index is 812. The summed E-state index contributed by atoms with van der Waals surface area (Å²) >= 11 is 0. The molecule has 0 amide bonds. The number of hydrogen-bond acceptors (Lipinski definition) is 2. The maximum atomic E-state index is 14.2. The van der Waals surface area contributed by atoms with Gasteiger partial charge in [0.25, 0.3) is 0 Å². The Morgan fingerprint density at radius 1 is 0.964 bits per heavy atom. The van der Waals surface area contributed by atoms with Crippen molar-refractivity contribution in [3.05, 3.63) is 76.4 Å². The molecule has 0 N–H and O–H groups in total. The van der Waals surface area contributed by atoms with Crippen molar-refractivity contribution in [2.24, 2.45) is 0 Å². The van der Waals surface area contributed by atoms with Gasteiger partial charge in [-0.1, -0.05) is 49.8 Å². The number of hydrogen-bond donors (Lipinski definition) is 0. The first kappa shape index (κ1) is 20.5. The maximum Gasteiger partial charge on any atom is 0.200 e. The minimum absolute atomic E-state index is 0.0308. The summed E-state index contributed by atoms with van der Waals surface area (Å²) in [6.45, 7) is 4.94. The van der Waals surface area contributed by atoms with Gasteiger partial charge in [-0.15, -0.1) is 0 Å². The van der Waals surface area contributed by atoms with Crippen LogP contribution in [0.25, 0.3) is 0 Å². The van der Waals surface area contributed by atoms with E-state index in [0.29, 0.717) is 31.6 Å². The highest BCUT2D eigenvalue weighted by Gasteiger charge is 2.17. The zero-order valence-corrected chi connectivity index (χ0v) is 16.6. The SMILES string of the molecule is CCCC1=CCC(c2ccc(CCc3ccc(OCC)c(F)c3F)cc2)OC1. The highest BCUT2D eigenvalue weighted by molar-refractivity contribution is 5.32. The summed E-state index contributed by atoms with van der Waals surface area (Å²) < 4.78 is 39.3. The van der Waals surface area contributed by atoms with Crippen LogP contribution in [0.15, 0.2) is 48.0 Å². The molecule has 0 saturated heterocycles. The smallest absolute Gasteiger partial charge is 0.200 e. The van der Waals surface area contributed by atoms with Crippen LogP contribution in [0, 0.1) is 11.6 Å². The Hall–Kier alpha value is -2.20. The fourth-order valence-electron chi connectivity index (χ4n) is 3.55. The Morgan fingerprint density at radius 3 is 2.39 bits per heavy atom. The molecule has 1 heterocycles. The van der Waals surface area contributed by atoms with Gasteiger partial charge in [-0.25, -0.2) is 4.39 Å². The van der Waals surface area contributed by atoms with Crippen molar-refractivity contribution in [2.75, 3.05) is 13.2 Å². The van der Waals surface area contributed by atoms with Crippen LogP contribution in [0.3, 0.4) is 0 Å². The molecule has 3 rings (SSSR count). The van der Waals surface area contributed by atoms with Gasteiger partial charge in [0, 0.05) is 0 Å². The van der Waals surface area contributed by atoms with E-state index in [1.807, 2.05) is 12.1 Å². The molecule has 1 aliphatic rings. The third kappa shape index (κ3) is 4.99. The van der Waals surface area contributed by atoms with E-state index in [9.17, 15) is 8.78 Å². The molecule has 2 aromatic rings. The minimum Gasteiger partial charge on any atom is -0.491 e. The molecular weight excluding hydrogens is 358 g/mol. The van der Waals surface area contributed by atoms with Crippen molar-refractivity contribution >= 4 is 0 Å². The van der Waals surface area contributed by atoms with Crippen LogP contribution in [0.4, 0.5) is 8.78 Å². The number of benzene rings is 2. The predicted molar refractivity (Wildman–Crippen MR) is 108 cm³/mol. The van der Waals surface area contributed by atoms with Crippen LogP contribution in [0.2, 0.25) is 0 Å². The predicted octanol–water partition coefficient (Wildman–Crippen LogP) is 6.34. The van der Waals surface area contributed by atoms with E-state index in [0.717, 1.165) is 30.4 Å². The Kier molecular flexibility index (Phi) is 7.21. The summed E-state index contributed by atoms with van der Waals surface area (Å²) in [7, 11) is 0. The quantitative estimate of drug-likeness (QED) is 0.493. The molecule has 2 nitrogen and oxygen atoms in total. The molecule has 2 aromatic carbocycles. The second-order valence-corrected chi connectivity index (χ2v) is 7.17. The molecule has 0 aliphatic carbocycles. The first-order chi connectivity index (χ1) is 13.6. The van der Waals surface area contributed by atoms with Gasteiger partial charge in [0.05, 0.1) is 19.3 Å². The summed E-state index contributed by atoms with van der Waals surface area (Å²) in [6, 6.07) is 11.4. The third-order valence-corrected chi connectivity index (χ3v) is 5.12. The highest BCUT2D eigenvalue weighted by atomic mass is 19.2. The van der Waals surface area contributed by atoms with Gasteiger partial charge >= 0.3 is 0 Å². The number of aryl methyl sites for hydroxylation is 2. The lowest BCUT2D eigenvalue weighted by molar-refractivity contribution is 0.0599. The molecule has 1 aliphatic heterocycles. The molecular formula is C24H28F2O2. The van der Waals surface area contributed by atoms with E-state index in [1.165, 1.54) is 11.6 Å². The lowest BCUT2D eigenvalue weighted by Crippen LogP contribution is -2.12. The third-order valence-electron chi connectivity index (χ3n) is 5.12. The van der Waals surface area contributed by atoms with Gasteiger partial charge in [0.15, 0.2) is 11.6 Å². The number of halogens is 2. The number of ether oxygens (including phenoxy) is 2. The van der Waals surface area contributed by atoms with Crippen LogP contribution in [0.1, 0.15) is 55.9 Å². The summed E-state index contributed by atoms with van der Waals surface area (Å²) in [6.07, 6.45) is 6.66.